The zero-order valence-electron chi connectivity index (χ0n) is 16.0. The van der Waals surface area contributed by atoms with Crippen LogP contribution in [0, 0.1) is 0 Å². The van der Waals surface area contributed by atoms with Gasteiger partial charge in [0, 0.05) is 49.9 Å². The first-order chi connectivity index (χ1) is 14.1. The van der Waals surface area contributed by atoms with Crippen molar-refractivity contribution in [2.75, 3.05) is 33.3 Å². The Kier molecular flexibility index (Phi) is 6.08. The van der Waals surface area contributed by atoms with Crippen LogP contribution in [0.3, 0.4) is 0 Å². The number of hydrogen-bond acceptors (Lipinski definition) is 6. The number of nitrogens with zero attached hydrogens (tertiary/aromatic N) is 4. The van der Waals surface area contributed by atoms with Crippen LogP contribution < -0.4 is 4.74 Å². The number of thiazole rings is 1. The predicted octanol–water partition coefficient (Wildman–Crippen LogP) is 3.83. The van der Waals surface area contributed by atoms with E-state index in [0.29, 0.717) is 23.8 Å². The highest BCUT2D eigenvalue weighted by atomic mass is 35.5. The number of carbonyl (C=O) groups is 1. The lowest BCUT2D eigenvalue weighted by atomic mass is 10.2. The lowest BCUT2D eigenvalue weighted by Gasteiger charge is -2.34. The Morgan fingerprint density at radius 3 is 2.55 bits per heavy atom. The fourth-order valence-corrected chi connectivity index (χ4v) is 4.20. The quantitative estimate of drug-likeness (QED) is 0.578. The summed E-state index contributed by atoms with van der Waals surface area (Å²) in [6.07, 6.45) is 1.53. The molecule has 0 radical (unpaired) electrons. The Labute approximate surface area is 178 Å². The van der Waals surface area contributed by atoms with Crippen molar-refractivity contribution in [1.29, 1.82) is 0 Å². The number of ether oxygens (including phenoxy) is 1. The molecule has 0 aliphatic carbocycles. The number of carbonyl (C=O) groups excluding carboxylic acids is 1. The minimum atomic E-state index is 0.00395. The second kappa shape index (κ2) is 8.90. The van der Waals surface area contributed by atoms with E-state index in [-0.39, 0.29) is 5.91 Å². The van der Waals surface area contributed by atoms with Crippen LogP contribution in [-0.4, -0.2) is 59.0 Å². The third kappa shape index (κ3) is 4.75. The van der Waals surface area contributed by atoms with E-state index in [2.05, 4.69) is 15.3 Å². The number of rotatable bonds is 5. The summed E-state index contributed by atoms with van der Waals surface area (Å²) in [4.78, 5) is 25.6. The maximum atomic E-state index is 12.6. The van der Waals surface area contributed by atoms with Crippen LogP contribution in [0.25, 0.3) is 10.6 Å². The standard InChI is InChI=1S/C21H21ClN4O2S/c1-28-18-5-2-15(3-6-18)20-24-17(14-29-20)13-25-8-10-26(11-9-25)21(27)16-4-7-19(22)23-12-16/h2-7,12,14H,8-11,13H2,1H3. The van der Waals surface area contributed by atoms with Crippen LogP contribution in [-0.2, 0) is 6.54 Å². The van der Waals surface area contributed by atoms with Gasteiger partial charge in [0.2, 0.25) is 0 Å². The molecular formula is C21H21ClN4O2S. The Bertz CT molecular complexity index is 967. The lowest BCUT2D eigenvalue weighted by molar-refractivity contribution is 0.0627. The summed E-state index contributed by atoms with van der Waals surface area (Å²) in [5.41, 5.74) is 2.73. The van der Waals surface area contributed by atoms with Crippen LogP contribution in [0.4, 0.5) is 0 Å². The molecule has 4 rings (SSSR count). The van der Waals surface area contributed by atoms with Gasteiger partial charge in [0.25, 0.3) is 5.91 Å². The number of halogens is 1. The van der Waals surface area contributed by atoms with Gasteiger partial charge in [0.1, 0.15) is 15.9 Å². The molecule has 3 aromatic rings. The first kappa shape index (κ1) is 19.8. The summed E-state index contributed by atoms with van der Waals surface area (Å²) in [5, 5.41) is 3.51. The van der Waals surface area contributed by atoms with Crippen LogP contribution in [0.1, 0.15) is 16.1 Å². The van der Waals surface area contributed by atoms with E-state index < -0.39 is 0 Å². The number of aromatic nitrogens is 2. The highest BCUT2D eigenvalue weighted by molar-refractivity contribution is 7.13. The molecule has 1 aliphatic rings. The normalized spacial score (nSPS) is 14.8. The van der Waals surface area contributed by atoms with E-state index in [4.69, 9.17) is 21.3 Å². The van der Waals surface area contributed by atoms with Crippen molar-refractivity contribution in [3.05, 3.63) is 64.4 Å². The van der Waals surface area contributed by atoms with E-state index in [0.717, 1.165) is 41.6 Å². The van der Waals surface area contributed by atoms with Crippen LogP contribution in [0.5, 0.6) is 5.75 Å². The second-order valence-electron chi connectivity index (χ2n) is 6.81. The molecule has 1 aromatic carbocycles. The molecule has 1 amide bonds. The van der Waals surface area contributed by atoms with Crippen molar-refractivity contribution in [2.45, 2.75) is 6.54 Å². The van der Waals surface area contributed by atoms with E-state index in [9.17, 15) is 4.79 Å². The zero-order valence-corrected chi connectivity index (χ0v) is 17.6. The molecule has 29 heavy (non-hydrogen) atoms. The molecule has 150 valence electrons. The molecule has 1 saturated heterocycles. The average Bonchev–Trinajstić information content (AvgIpc) is 3.23. The summed E-state index contributed by atoms with van der Waals surface area (Å²) in [7, 11) is 1.66. The van der Waals surface area contributed by atoms with Gasteiger partial charge in [-0.15, -0.1) is 11.3 Å². The van der Waals surface area contributed by atoms with Gasteiger partial charge < -0.3 is 9.64 Å². The molecule has 0 bridgehead atoms. The van der Waals surface area contributed by atoms with Gasteiger partial charge in [-0.1, -0.05) is 11.6 Å². The lowest BCUT2D eigenvalue weighted by Crippen LogP contribution is -2.48. The number of piperazine rings is 1. The van der Waals surface area contributed by atoms with Crippen molar-refractivity contribution < 1.29 is 9.53 Å². The molecule has 0 atom stereocenters. The van der Waals surface area contributed by atoms with Crippen LogP contribution >= 0.6 is 22.9 Å². The van der Waals surface area contributed by atoms with Gasteiger partial charge in [-0.25, -0.2) is 9.97 Å². The minimum absolute atomic E-state index is 0.00395. The van der Waals surface area contributed by atoms with Gasteiger partial charge in [0.15, 0.2) is 0 Å². The summed E-state index contributed by atoms with van der Waals surface area (Å²) in [5.74, 6) is 0.844. The molecule has 0 N–H and O–H groups in total. The van der Waals surface area contributed by atoms with Gasteiger partial charge in [-0.3, -0.25) is 9.69 Å². The molecule has 1 fully saturated rings. The fraction of sp³-hybridized carbons (Fsp3) is 0.286. The molecule has 2 aromatic heterocycles. The first-order valence-electron chi connectivity index (χ1n) is 9.34. The number of benzene rings is 1. The molecule has 3 heterocycles. The molecule has 1 aliphatic heterocycles. The average molecular weight is 429 g/mol. The Morgan fingerprint density at radius 2 is 1.90 bits per heavy atom. The second-order valence-corrected chi connectivity index (χ2v) is 8.06. The van der Waals surface area contributed by atoms with Crippen molar-refractivity contribution in [3.8, 4) is 16.3 Å². The number of amides is 1. The topological polar surface area (TPSA) is 58.6 Å². The highest BCUT2D eigenvalue weighted by Crippen LogP contribution is 2.26. The van der Waals surface area contributed by atoms with Crippen molar-refractivity contribution in [2.24, 2.45) is 0 Å². The zero-order chi connectivity index (χ0) is 20.2. The maximum absolute atomic E-state index is 12.6. The fourth-order valence-electron chi connectivity index (χ4n) is 3.27. The first-order valence-corrected chi connectivity index (χ1v) is 10.6. The minimum Gasteiger partial charge on any atom is -0.497 e. The summed E-state index contributed by atoms with van der Waals surface area (Å²) in [6.45, 7) is 3.81. The molecule has 6 nitrogen and oxygen atoms in total. The van der Waals surface area contributed by atoms with Crippen LogP contribution in [0.15, 0.2) is 48.0 Å². The Morgan fingerprint density at radius 1 is 1.14 bits per heavy atom. The van der Waals surface area contributed by atoms with E-state index in [1.807, 2.05) is 29.2 Å². The molecule has 8 heteroatoms. The largest absolute Gasteiger partial charge is 0.497 e. The van der Waals surface area contributed by atoms with E-state index in [1.54, 1.807) is 30.6 Å². The third-order valence-corrected chi connectivity index (χ3v) is 6.07. The maximum Gasteiger partial charge on any atom is 0.255 e. The van der Waals surface area contributed by atoms with Gasteiger partial charge in [-0.2, -0.15) is 0 Å². The van der Waals surface area contributed by atoms with Gasteiger partial charge in [-0.05, 0) is 36.4 Å². The molecule has 0 saturated carbocycles. The van der Waals surface area contributed by atoms with Gasteiger partial charge in [0.05, 0.1) is 18.4 Å². The summed E-state index contributed by atoms with van der Waals surface area (Å²) >= 11 is 7.45. The number of methoxy groups -OCH3 is 1. The van der Waals surface area contributed by atoms with Gasteiger partial charge >= 0.3 is 0 Å². The highest BCUT2D eigenvalue weighted by Gasteiger charge is 2.23. The van der Waals surface area contributed by atoms with E-state index in [1.165, 1.54) is 6.20 Å². The third-order valence-electron chi connectivity index (χ3n) is 4.91. The summed E-state index contributed by atoms with van der Waals surface area (Å²) < 4.78 is 5.21. The van der Waals surface area contributed by atoms with Crippen molar-refractivity contribution in [3.63, 3.8) is 0 Å². The monoisotopic (exact) mass is 428 g/mol. The molecule has 0 unspecified atom stereocenters. The predicted molar refractivity (Wildman–Crippen MR) is 115 cm³/mol. The Hall–Kier alpha value is -2.48. The van der Waals surface area contributed by atoms with Crippen molar-refractivity contribution >= 4 is 28.8 Å². The molecular weight excluding hydrogens is 408 g/mol. The number of pyridine rings is 1. The SMILES string of the molecule is COc1ccc(-c2nc(CN3CCN(C(=O)c4ccc(Cl)nc4)CC3)cs2)cc1. The number of hydrogen-bond donors (Lipinski definition) is 0. The summed E-state index contributed by atoms with van der Waals surface area (Å²) in [6, 6.07) is 11.3. The van der Waals surface area contributed by atoms with E-state index >= 15 is 0 Å². The van der Waals surface area contributed by atoms with Crippen LogP contribution in [0.2, 0.25) is 5.15 Å². The Balaban J connectivity index is 1.32. The smallest absolute Gasteiger partial charge is 0.255 e. The molecule has 0 spiro atoms. The van der Waals surface area contributed by atoms with Crippen molar-refractivity contribution in [1.82, 2.24) is 19.8 Å².